The van der Waals surface area contributed by atoms with Gasteiger partial charge in [-0.1, -0.05) is 94.8 Å². The number of carboxylic acid groups (broad SMARTS) is 1. The first-order valence-electron chi connectivity index (χ1n) is 16.9. The van der Waals surface area contributed by atoms with Gasteiger partial charge in [-0.05, 0) is 40.4 Å². The highest BCUT2D eigenvalue weighted by molar-refractivity contribution is 6.99. The molecule has 0 spiro atoms. The van der Waals surface area contributed by atoms with Crippen LogP contribution in [-0.2, 0) is 15.7 Å². The predicted molar refractivity (Wildman–Crippen MR) is 199 cm³/mol. The topological polar surface area (TPSA) is 163 Å². The minimum atomic E-state index is -2.76. The zero-order valence-corrected chi connectivity index (χ0v) is 30.8. The van der Waals surface area contributed by atoms with Crippen molar-refractivity contribution in [1.82, 2.24) is 24.7 Å². The summed E-state index contributed by atoms with van der Waals surface area (Å²) < 4.78 is 19.1. The van der Waals surface area contributed by atoms with Gasteiger partial charge in [0.2, 0.25) is 5.95 Å². The number of fused-ring (bicyclic) bond motifs is 1. The summed E-state index contributed by atoms with van der Waals surface area (Å²) >= 11 is 0. The fourth-order valence-corrected chi connectivity index (χ4v) is 11.0. The van der Waals surface area contributed by atoms with Gasteiger partial charge in [0.05, 0.1) is 27.0 Å². The Bertz CT molecular complexity index is 1910. The molecule has 13 nitrogen and oxygen atoms in total. The number of benzene rings is 2. The van der Waals surface area contributed by atoms with Crippen molar-refractivity contribution in [2.24, 2.45) is 0 Å². The van der Waals surface area contributed by atoms with Crippen LogP contribution < -0.4 is 25.7 Å². The number of aromatic nitrogens is 5. The third-order valence-corrected chi connectivity index (χ3v) is 13.8. The highest BCUT2D eigenvalue weighted by atomic mass is 28.4. The number of anilines is 2. The second-order valence-corrected chi connectivity index (χ2v) is 17.4. The SMILES string of the molecule is CCCC(CCO[Si](c1ccccc1)(c1ccccc1)C(C)(C)C)Nc1nc(NC(=O)OC)nc2cnn(Cc3nc(C(=O)O)ccc3OC)c12. The van der Waals surface area contributed by atoms with E-state index in [4.69, 9.17) is 18.9 Å². The van der Waals surface area contributed by atoms with Crippen LogP contribution in [-0.4, -0.2) is 77.1 Å². The minimum absolute atomic E-state index is 0.0405. The van der Waals surface area contributed by atoms with Crippen LogP contribution >= 0.6 is 0 Å². The molecule has 0 saturated carbocycles. The van der Waals surface area contributed by atoms with Crippen molar-refractivity contribution in [3.05, 3.63) is 90.4 Å². The third-order valence-electron chi connectivity index (χ3n) is 8.74. The molecule has 0 aliphatic heterocycles. The molecule has 5 aromatic rings. The highest BCUT2D eigenvalue weighted by Gasteiger charge is 2.50. The first kappa shape index (κ1) is 36.9. The Labute approximate surface area is 298 Å². The number of hydrogen-bond acceptors (Lipinski definition) is 10. The minimum Gasteiger partial charge on any atom is -0.495 e. The molecule has 3 aromatic heterocycles. The van der Waals surface area contributed by atoms with Crippen LogP contribution in [0.15, 0.2) is 79.0 Å². The van der Waals surface area contributed by atoms with Crippen LogP contribution in [0, 0.1) is 0 Å². The lowest BCUT2D eigenvalue weighted by atomic mass is 10.1. The molecule has 1 atom stereocenters. The van der Waals surface area contributed by atoms with Crippen molar-refractivity contribution in [3.63, 3.8) is 0 Å². The predicted octanol–water partition coefficient (Wildman–Crippen LogP) is 5.70. The highest BCUT2D eigenvalue weighted by Crippen LogP contribution is 2.37. The number of amides is 1. The lowest BCUT2D eigenvalue weighted by Gasteiger charge is -2.43. The van der Waals surface area contributed by atoms with Gasteiger partial charge in [-0.3, -0.25) is 10.00 Å². The van der Waals surface area contributed by atoms with Crippen molar-refractivity contribution in [2.45, 2.75) is 64.6 Å². The number of methoxy groups -OCH3 is 2. The van der Waals surface area contributed by atoms with Gasteiger partial charge in [0.15, 0.2) is 5.82 Å². The molecule has 0 radical (unpaired) electrons. The number of nitrogens with one attached hydrogen (secondary N) is 2. The summed E-state index contributed by atoms with van der Waals surface area (Å²) in [6, 6.07) is 23.9. The molecule has 3 heterocycles. The maximum absolute atomic E-state index is 12.2. The lowest BCUT2D eigenvalue weighted by Crippen LogP contribution is -2.66. The van der Waals surface area contributed by atoms with Gasteiger partial charge in [-0.25, -0.2) is 19.6 Å². The number of carbonyl (C=O) groups excluding carboxylic acids is 1. The molecule has 1 unspecified atom stereocenters. The fourth-order valence-electron chi connectivity index (χ4n) is 6.41. The molecule has 268 valence electrons. The van der Waals surface area contributed by atoms with E-state index < -0.39 is 20.4 Å². The Hall–Kier alpha value is -5.34. The molecule has 2 aromatic carbocycles. The second kappa shape index (κ2) is 16.1. The molecule has 0 bridgehead atoms. The van der Waals surface area contributed by atoms with E-state index in [1.165, 1.54) is 30.7 Å². The second-order valence-electron chi connectivity index (χ2n) is 13.1. The number of carbonyl (C=O) groups is 2. The fraction of sp³-hybridized carbons (Fsp3) is 0.351. The number of aromatic carboxylic acids is 1. The van der Waals surface area contributed by atoms with Crippen LogP contribution in [0.25, 0.3) is 11.0 Å². The molecule has 0 aliphatic rings. The summed E-state index contributed by atoms with van der Waals surface area (Å²) in [5, 5.41) is 22.6. The van der Waals surface area contributed by atoms with E-state index in [0.29, 0.717) is 41.3 Å². The molecule has 5 rings (SSSR count). The van der Waals surface area contributed by atoms with Crippen LogP contribution in [0.1, 0.15) is 63.1 Å². The Morgan fingerprint density at radius 1 is 0.922 bits per heavy atom. The number of carboxylic acids is 1. The number of rotatable bonds is 15. The standard InChI is InChI=1S/C37H45N7O6Si/c1-7-14-25(21-22-50-51(37(2,3)4,26-15-10-8-11-16-26)27-17-12-9-13-18-27)39-33-32-29(41-35(42-33)43-36(47)49-6)23-38-44(32)24-30-31(48-5)20-19-28(40-30)34(45)46/h8-13,15-20,23,25H,7,14,21-22,24H2,1-6H3,(H,45,46)(H2,39,41,42,43,47). The van der Waals surface area contributed by atoms with E-state index in [1.807, 2.05) is 12.1 Å². The van der Waals surface area contributed by atoms with Gasteiger partial charge in [-0.2, -0.15) is 10.1 Å². The number of ether oxygens (including phenoxy) is 2. The quantitative estimate of drug-likeness (QED) is 0.114. The van der Waals surface area contributed by atoms with Gasteiger partial charge in [0, 0.05) is 12.6 Å². The van der Waals surface area contributed by atoms with Gasteiger partial charge >= 0.3 is 12.1 Å². The monoisotopic (exact) mass is 711 g/mol. The lowest BCUT2D eigenvalue weighted by molar-refractivity contribution is 0.0690. The Morgan fingerprint density at radius 3 is 2.16 bits per heavy atom. The van der Waals surface area contributed by atoms with E-state index in [0.717, 1.165) is 12.8 Å². The van der Waals surface area contributed by atoms with Crippen molar-refractivity contribution < 1.29 is 28.6 Å². The van der Waals surface area contributed by atoms with Gasteiger partial charge in [0.1, 0.15) is 28.2 Å². The van der Waals surface area contributed by atoms with E-state index in [1.54, 1.807) is 16.9 Å². The van der Waals surface area contributed by atoms with E-state index in [9.17, 15) is 14.7 Å². The summed E-state index contributed by atoms with van der Waals surface area (Å²) in [5.74, 6) is -0.275. The molecule has 14 heteroatoms. The summed E-state index contributed by atoms with van der Waals surface area (Å²) in [4.78, 5) is 37.4. The van der Waals surface area contributed by atoms with Crippen LogP contribution in [0.5, 0.6) is 5.75 Å². The third kappa shape index (κ3) is 8.18. The van der Waals surface area contributed by atoms with E-state index >= 15 is 0 Å². The summed E-state index contributed by atoms with van der Waals surface area (Å²) in [6.07, 6.45) is 3.20. The van der Waals surface area contributed by atoms with Gasteiger partial charge < -0.3 is 24.3 Å². The van der Waals surface area contributed by atoms with Gasteiger partial charge in [-0.15, -0.1) is 0 Å². The molecule has 3 N–H and O–H groups in total. The average molecular weight is 712 g/mol. The Balaban J connectivity index is 1.50. The van der Waals surface area contributed by atoms with E-state index in [2.05, 4.69) is 102 Å². The first-order chi connectivity index (χ1) is 24.5. The molecule has 0 fully saturated rings. The summed E-state index contributed by atoms with van der Waals surface area (Å²) in [6.45, 7) is 9.44. The summed E-state index contributed by atoms with van der Waals surface area (Å²) in [5.41, 5.74) is 1.24. The van der Waals surface area contributed by atoms with Crippen molar-refractivity contribution in [2.75, 3.05) is 31.5 Å². The first-order valence-corrected chi connectivity index (χ1v) is 18.8. The Morgan fingerprint density at radius 2 is 1.59 bits per heavy atom. The maximum atomic E-state index is 12.2. The molecule has 1 amide bonds. The summed E-state index contributed by atoms with van der Waals surface area (Å²) in [7, 11) is -0.00230. The largest absolute Gasteiger partial charge is 0.495 e. The molecule has 0 aliphatic carbocycles. The van der Waals surface area contributed by atoms with E-state index in [-0.39, 0.29) is 29.3 Å². The van der Waals surface area contributed by atoms with Crippen molar-refractivity contribution in [3.8, 4) is 5.75 Å². The smallest absolute Gasteiger partial charge is 0.413 e. The molecular weight excluding hydrogens is 667 g/mol. The maximum Gasteiger partial charge on any atom is 0.413 e. The van der Waals surface area contributed by atoms with Gasteiger partial charge in [0.25, 0.3) is 8.32 Å². The normalized spacial score (nSPS) is 12.4. The molecule has 51 heavy (non-hydrogen) atoms. The number of pyridine rings is 1. The average Bonchev–Trinajstić information content (AvgIpc) is 3.52. The number of hydrogen-bond donors (Lipinski definition) is 3. The van der Waals surface area contributed by atoms with Crippen LogP contribution in [0.4, 0.5) is 16.6 Å². The Kier molecular flexibility index (Phi) is 11.7. The molecular formula is C37H45N7O6Si. The number of nitrogens with zero attached hydrogens (tertiary/aromatic N) is 5. The van der Waals surface area contributed by atoms with Crippen LogP contribution in [0.3, 0.4) is 0 Å². The van der Waals surface area contributed by atoms with Crippen molar-refractivity contribution in [1.29, 1.82) is 0 Å². The zero-order chi connectivity index (χ0) is 36.6. The molecule has 0 saturated heterocycles. The zero-order valence-electron chi connectivity index (χ0n) is 29.8. The van der Waals surface area contributed by atoms with Crippen molar-refractivity contribution >= 4 is 53.6 Å². The van der Waals surface area contributed by atoms with Crippen LogP contribution in [0.2, 0.25) is 5.04 Å².